The van der Waals surface area contributed by atoms with Gasteiger partial charge in [-0.05, 0) is 62.6 Å². The van der Waals surface area contributed by atoms with Crippen molar-refractivity contribution in [3.63, 3.8) is 0 Å². The van der Waals surface area contributed by atoms with E-state index in [-0.39, 0.29) is 5.91 Å². The Morgan fingerprint density at radius 1 is 1.07 bits per heavy atom. The molecule has 29 heavy (non-hydrogen) atoms. The minimum absolute atomic E-state index is 0.196. The van der Waals surface area contributed by atoms with Crippen LogP contribution in [0.15, 0.2) is 59.6 Å². The smallest absolute Gasteiger partial charge is 0.257 e. The molecule has 1 amide bonds. The molecule has 2 N–H and O–H groups in total. The number of benzene rings is 2. The van der Waals surface area contributed by atoms with E-state index in [1.54, 1.807) is 12.1 Å². The van der Waals surface area contributed by atoms with Crippen molar-refractivity contribution in [3.05, 3.63) is 82.7 Å². The van der Waals surface area contributed by atoms with Gasteiger partial charge in [0.15, 0.2) is 0 Å². The summed E-state index contributed by atoms with van der Waals surface area (Å²) in [4.78, 5) is 17.2. The quantitative estimate of drug-likeness (QED) is 0.515. The maximum Gasteiger partial charge on any atom is 0.257 e. The molecule has 0 aliphatic carbocycles. The van der Waals surface area contributed by atoms with Crippen LogP contribution in [0.25, 0.3) is 0 Å². The molecule has 0 unspecified atom stereocenters. The molecule has 0 radical (unpaired) electrons. The van der Waals surface area contributed by atoms with Gasteiger partial charge in [0.2, 0.25) is 5.96 Å². The summed E-state index contributed by atoms with van der Waals surface area (Å²) < 4.78 is 1.89. The predicted molar refractivity (Wildman–Crippen MR) is 117 cm³/mol. The first-order valence-electron chi connectivity index (χ1n) is 9.67. The van der Waals surface area contributed by atoms with Gasteiger partial charge < -0.3 is 5.32 Å². The molecule has 3 aromatic rings. The number of amides is 1. The van der Waals surface area contributed by atoms with E-state index in [0.29, 0.717) is 18.1 Å². The molecule has 6 heteroatoms. The number of nitrogens with one attached hydrogen (secondary N) is 2. The van der Waals surface area contributed by atoms with Gasteiger partial charge in [-0.25, -0.2) is 0 Å². The molecular weight excluding hydrogens is 362 g/mol. The highest BCUT2D eigenvalue weighted by atomic mass is 16.1. The molecule has 2 aromatic carbocycles. The largest absolute Gasteiger partial charge is 0.326 e. The van der Waals surface area contributed by atoms with Crippen molar-refractivity contribution in [1.29, 1.82) is 0 Å². The zero-order valence-electron chi connectivity index (χ0n) is 17.4. The fraction of sp³-hybridized carbons (Fsp3) is 0.261. The molecule has 0 aliphatic rings. The predicted octanol–water partition coefficient (Wildman–Crippen LogP) is 3.79. The van der Waals surface area contributed by atoms with E-state index < -0.39 is 0 Å². The van der Waals surface area contributed by atoms with Gasteiger partial charge in [-0.15, -0.1) is 0 Å². The number of nitrogens with zero attached hydrogens (tertiary/aromatic N) is 3. The zero-order valence-corrected chi connectivity index (χ0v) is 17.4. The standard InChI is InChI=1S/C23H27N5O/c1-16-9-8-12-20(15-16)25-23(26-22(29)19-10-6-5-7-11-19)24-14-13-21-17(2)27-28(4)18(21)3/h5-12,15H,13-14H2,1-4H3,(H2,24,25,26,29). The first kappa shape index (κ1) is 20.3. The van der Waals surface area contributed by atoms with Crippen LogP contribution in [0.3, 0.4) is 0 Å². The second-order valence-corrected chi connectivity index (χ2v) is 7.07. The van der Waals surface area contributed by atoms with Crippen LogP contribution in [-0.4, -0.2) is 28.2 Å². The lowest BCUT2D eigenvalue weighted by Crippen LogP contribution is -2.36. The average molecular weight is 390 g/mol. The number of rotatable bonds is 5. The van der Waals surface area contributed by atoms with E-state index in [0.717, 1.165) is 29.1 Å². The summed E-state index contributed by atoms with van der Waals surface area (Å²) in [5, 5.41) is 10.6. The highest BCUT2D eigenvalue weighted by molar-refractivity contribution is 6.09. The van der Waals surface area contributed by atoms with E-state index in [1.807, 2.05) is 68.0 Å². The van der Waals surface area contributed by atoms with E-state index in [9.17, 15) is 4.79 Å². The fourth-order valence-corrected chi connectivity index (χ4v) is 3.20. The number of hydrogen-bond donors (Lipinski definition) is 2. The molecule has 3 rings (SSSR count). The van der Waals surface area contributed by atoms with Crippen LogP contribution in [0, 0.1) is 20.8 Å². The molecule has 0 bridgehead atoms. The summed E-state index contributed by atoms with van der Waals surface area (Å²) in [5.74, 6) is 0.238. The van der Waals surface area contributed by atoms with Crippen molar-refractivity contribution in [2.75, 3.05) is 11.9 Å². The minimum Gasteiger partial charge on any atom is -0.326 e. The molecule has 1 aromatic heterocycles. The van der Waals surface area contributed by atoms with Crippen LogP contribution in [0.5, 0.6) is 0 Å². The van der Waals surface area contributed by atoms with Crippen LogP contribution in [-0.2, 0) is 13.5 Å². The minimum atomic E-state index is -0.196. The molecule has 0 fully saturated rings. The van der Waals surface area contributed by atoms with Crippen molar-refractivity contribution < 1.29 is 4.79 Å². The van der Waals surface area contributed by atoms with Gasteiger partial charge in [-0.2, -0.15) is 5.10 Å². The first-order chi connectivity index (χ1) is 13.9. The molecule has 6 nitrogen and oxygen atoms in total. The Morgan fingerprint density at radius 3 is 2.48 bits per heavy atom. The lowest BCUT2D eigenvalue weighted by atomic mass is 10.1. The molecule has 0 spiro atoms. The number of hydrogen-bond acceptors (Lipinski definition) is 3. The molecule has 1 heterocycles. The number of aliphatic imine (C=N–C) groups is 1. The number of carbonyl (C=O) groups excluding carboxylic acids is 1. The normalized spacial score (nSPS) is 11.4. The Labute approximate surface area is 171 Å². The Kier molecular flexibility index (Phi) is 6.44. The molecule has 0 aliphatic heterocycles. The monoisotopic (exact) mass is 389 g/mol. The Bertz CT molecular complexity index is 1020. The molecule has 150 valence electrons. The van der Waals surface area contributed by atoms with Gasteiger partial charge in [0.05, 0.1) is 5.69 Å². The summed E-state index contributed by atoms with van der Waals surface area (Å²) >= 11 is 0. The van der Waals surface area contributed by atoms with Gasteiger partial charge in [-0.3, -0.25) is 19.8 Å². The maximum atomic E-state index is 12.6. The van der Waals surface area contributed by atoms with Crippen LogP contribution in [0.2, 0.25) is 0 Å². The van der Waals surface area contributed by atoms with E-state index in [1.165, 1.54) is 5.56 Å². The van der Waals surface area contributed by atoms with Gasteiger partial charge in [0.1, 0.15) is 0 Å². The van der Waals surface area contributed by atoms with Gasteiger partial charge in [-0.1, -0.05) is 30.3 Å². The Morgan fingerprint density at radius 2 is 1.83 bits per heavy atom. The number of aromatic nitrogens is 2. The van der Waals surface area contributed by atoms with Crippen LogP contribution in [0.4, 0.5) is 5.69 Å². The Balaban J connectivity index is 1.77. The number of carbonyl (C=O) groups is 1. The van der Waals surface area contributed by atoms with Gasteiger partial charge in [0.25, 0.3) is 5.91 Å². The number of anilines is 1. The van der Waals surface area contributed by atoms with Crippen LogP contribution >= 0.6 is 0 Å². The molecule has 0 saturated carbocycles. The maximum absolute atomic E-state index is 12.6. The molecule has 0 saturated heterocycles. The summed E-state index contributed by atoms with van der Waals surface area (Å²) in [6.07, 6.45) is 0.756. The second-order valence-electron chi connectivity index (χ2n) is 7.07. The van der Waals surface area contributed by atoms with Crippen LogP contribution in [0.1, 0.15) is 32.9 Å². The second kappa shape index (κ2) is 9.19. The molecular formula is C23H27N5O. The average Bonchev–Trinajstić information content (AvgIpc) is 2.94. The zero-order chi connectivity index (χ0) is 20.8. The van der Waals surface area contributed by atoms with Gasteiger partial charge in [0, 0.05) is 30.5 Å². The number of aryl methyl sites for hydroxylation is 3. The highest BCUT2D eigenvalue weighted by Crippen LogP contribution is 2.13. The van der Waals surface area contributed by atoms with E-state index >= 15 is 0 Å². The summed E-state index contributed by atoms with van der Waals surface area (Å²) in [6.45, 7) is 6.63. The SMILES string of the molecule is Cc1cccc(NC(=NCCc2c(C)nn(C)c2C)NC(=O)c2ccccc2)c1. The van der Waals surface area contributed by atoms with Gasteiger partial charge >= 0.3 is 0 Å². The lowest BCUT2D eigenvalue weighted by Gasteiger charge is -2.12. The van der Waals surface area contributed by atoms with Crippen molar-refractivity contribution in [1.82, 2.24) is 15.1 Å². The third-order valence-corrected chi connectivity index (χ3v) is 4.84. The summed E-state index contributed by atoms with van der Waals surface area (Å²) in [6, 6.07) is 17.1. The number of guanidine groups is 1. The van der Waals surface area contributed by atoms with Crippen molar-refractivity contribution in [2.45, 2.75) is 27.2 Å². The van der Waals surface area contributed by atoms with Crippen molar-refractivity contribution >= 4 is 17.6 Å². The third kappa shape index (κ3) is 5.31. The van der Waals surface area contributed by atoms with Crippen molar-refractivity contribution in [2.24, 2.45) is 12.0 Å². The van der Waals surface area contributed by atoms with Crippen LogP contribution < -0.4 is 10.6 Å². The van der Waals surface area contributed by atoms with Crippen molar-refractivity contribution in [3.8, 4) is 0 Å². The lowest BCUT2D eigenvalue weighted by molar-refractivity contribution is 0.0977. The highest BCUT2D eigenvalue weighted by Gasteiger charge is 2.11. The van der Waals surface area contributed by atoms with E-state index in [4.69, 9.17) is 0 Å². The summed E-state index contributed by atoms with van der Waals surface area (Å²) in [7, 11) is 1.94. The van der Waals surface area contributed by atoms with E-state index in [2.05, 4.69) is 27.6 Å². The topological polar surface area (TPSA) is 71.3 Å². The molecule has 0 atom stereocenters. The first-order valence-corrected chi connectivity index (χ1v) is 9.67. The summed E-state index contributed by atoms with van der Waals surface area (Å²) in [5.41, 5.74) is 5.95. The fourth-order valence-electron chi connectivity index (χ4n) is 3.20. The third-order valence-electron chi connectivity index (χ3n) is 4.84. The Hall–Kier alpha value is -3.41.